The number of hydrogen-bond acceptors (Lipinski definition) is 3. The highest BCUT2D eigenvalue weighted by Crippen LogP contribution is 2.48. The molecule has 2 atom stereocenters. The molecule has 18 heavy (non-hydrogen) atoms. The Morgan fingerprint density at radius 3 is 2.78 bits per heavy atom. The van der Waals surface area contributed by atoms with Gasteiger partial charge >= 0.3 is 0 Å². The van der Waals surface area contributed by atoms with Gasteiger partial charge in [-0.3, -0.25) is 0 Å². The van der Waals surface area contributed by atoms with Crippen molar-refractivity contribution in [3.8, 4) is 0 Å². The summed E-state index contributed by atoms with van der Waals surface area (Å²) in [5.74, 6) is 1.38. The highest BCUT2D eigenvalue weighted by Gasteiger charge is 2.52. The number of nitrogens with zero attached hydrogens (tertiary/aromatic N) is 2. The summed E-state index contributed by atoms with van der Waals surface area (Å²) < 4.78 is 6.29. The van der Waals surface area contributed by atoms with Gasteiger partial charge in [-0.25, -0.2) is 9.98 Å². The van der Waals surface area contributed by atoms with Gasteiger partial charge in [-0.05, 0) is 58.1 Å². The second-order valence-electron chi connectivity index (χ2n) is 6.12. The van der Waals surface area contributed by atoms with Crippen LogP contribution < -0.4 is 0 Å². The van der Waals surface area contributed by atoms with Gasteiger partial charge in [0, 0.05) is 6.20 Å². The fraction of sp³-hybridized carbons (Fsp3) is 0.600. The number of aliphatic imine (C=N–C) groups is 1. The second-order valence-corrected chi connectivity index (χ2v) is 6.12. The van der Waals surface area contributed by atoms with Gasteiger partial charge in [0.15, 0.2) is 5.82 Å². The van der Waals surface area contributed by atoms with E-state index in [0.29, 0.717) is 5.92 Å². The van der Waals surface area contributed by atoms with Crippen molar-refractivity contribution >= 4 is 11.5 Å². The summed E-state index contributed by atoms with van der Waals surface area (Å²) in [5.41, 5.74) is 0.947. The summed E-state index contributed by atoms with van der Waals surface area (Å²) in [6, 6.07) is 5.84. The molecule has 2 bridgehead atoms. The first-order valence-electron chi connectivity index (χ1n) is 6.69. The quantitative estimate of drug-likeness (QED) is 0.757. The lowest BCUT2D eigenvalue weighted by atomic mass is 9.67. The molecule has 3 heteroatoms. The molecular formula is C15H20N2O. The van der Waals surface area contributed by atoms with E-state index in [-0.39, 0.29) is 11.2 Å². The van der Waals surface area contributed by atoms with Gasteiger partial charge in [0.05, 0.1) is 11.3 Å². The van der Waals surface area contributed by atoms with Crippen LogP contribution in [-0.4, -0.2) is 21.9 Å². The van der Waals surface area contributed by atoms with Gasteiger partial charge in [0.25, 0.3) is 0 Å². The summed E-state index contributed by atoms with van der Waals surface area (Å²) in [4.78, 5) is 9.00. The third-order valence-electron chi connectivity index (χ3n) is 4.39. The molecule has 0 radical (unpaired) electrons. The van der Waals surface area contributed by atoms with Gasteiger partial charge < -0.3 is 4.74 Å². The lowest BCUT2D eigenvalue weighted by molar-refractivity contribution is -0.178. The summed E-state index contributed by atoms with van der Waals surface area (Å²) in [7, 11) is 0. The van der Waals surface area contributed by atoms with Crippen molar-refractivity contribution in [2.75, 3.05) is 0 Å². The Kier molecular flexibility index (Phi) is 2.56. The number of hydrogen-bond donors (Lipinski definition) is 0. The van der Waals surface area contributed by atoms with E-state index in [4.69, 9.17) is 9.73 Å². The Bertz CT molecular complexity index is 481. The lowest BCUT2D eigenvalue weighted by Gasteiger charge is -2.54. The zero-order chi connectivity index (χ0) is 12.8. The van der Waals surface area contributed by atoms with E-state index >= 15 is 0 Å². The van der Waals surface area contributed by atoms with Crippen LogP contribution in [0.15, 0.2) is 29.4 Å². The van der Waals surface area contributed by atoms with Gasteiger partial charge in [0.1, 0.15) is 5.60 Å². The molecule has 1 saturated carbocycles. The first-order valence-corrected chi connectivity index (χ1v) is 6.69. The molecule has 2 aliphatic heterocycles. The highest BCUT2D eigenvalue weighted by molar-refractivity contribution is 5.95. The summed E-state index contributed by atoms with van der Waals surface area (Å²) in [6.45, 7) is 6.57. The van der Waals surface area contributed by atoms with Crippen LogP contribution >= 0.6 is 0 Å². The fourth-order valence-corrected chi connectivity index (χ4v) is 3.23. The summed E-state index contributed by atoms with van der Waals surface area (Å²) in [5, 5.41) is 0. The largest absolute Gasteiger partial charge is 0.363 e. The van der Waals surface area contributed by atoms with Crippen LogP contribution in [0.2, 0.25) is 0 Å². The third-order valence-corrected chi connectivity index (χ3v) is 4.39. The minimum atomic E-state index is -0.199. The van der Waals surface area contributed by atoms with E-state index in [1.807, 2.05) is 18.2 Å². The molecule has 3 aliphatic rings. The molecule has 1 aromatic heterocycles. The van der Waals surface area contributed by atoms with Gasteiger partial charge in [0.2, 0.25) is 0 Å². The zero-order valence-electron chi connectivity index (χ0n) is 11.3. The minimum absolute atomic E-state index is 0.0177. The van der Waals surface area contributed by atoms with E-state index in [9.17, 15) is 0 Å². The second kappa shape index (κ2) is 3.89. The van der Waals surface area contributed by atoms with Crippen LogP contribution in [-0.2, 0) is 4.74 Å². The Balaban J connectivity index is 1.94. The van der Waals surface area contributed by atoms with Crippen LogP contribution in [0.25, 0.3) is 0 Å². The molecule has 4 rings (SSSR count). The molecule has 1 aromatic rings. The van der Waals surface area contributed by atoms with Gasteiger partial charge in [-0.1, -0.05) is 6.07 Å². The average molecular weight is 244 g/mol. The Hall–Kier alpha value is -1.22. The fourth-order valence-electron chi connectivity index (χ4n) is 3.23. The monoisotopic (exact) mass is 244 g/mol. The van der Waals surface area contributed by atoms with Crippen molar-refractivity contribution in [1.82, 2.24) is 4.98 Å². The number of ether oxygens (including phenoxy) is 1. The van der Waals surface area contributed by atoms with E-state index in [0.717, 1.165) is 24.4 Å². The van der Waals surface area contributed by atoms with Crippen LogP contribution in [0.5, 0.6) is 0 Å². The molecule has 1 aliphatic carbocycles. The SMILES string of the molecule is CC12CCC(C/C1=N\c1ccccn1)C(C)(C)O2. The molecule has 2 unspecified atom stereocenters. The Morgan fingerprint density at radius 2 is 2.17 bits per heavy atom. The van der Waals surface area contributed by atoms with Crippen molar-refractivity contribution in [2.24, 2.45) is 10.9 Å². The molecule has 96 valence electrons. The smallest absolute Gasteiger partial charge is 0.151 e. The van der Waals surface area contributed by atoms with Crippen LogP contribution in [0.4, 0.5) is 5.82 Å². The van der Waals surface area contributed by atoms with Crippen molar-refractivity contribution in [2.45, 2.75) is 51.2 Å². The first kappa shape index (κ1) is 11.8. The third kappa shape index (κ3) is 1.87. The topological polar surface area (TPSA) is 34.5 Å². The molecule has 3 fully saturated rings. The minimum Gasteiger partial charge on any atom is -0.363 e. The van der Waals surface area contributed by atoms with Gasteiger partial charge in [-0.2, -0.15) is 0 Å². The maximum absolute atomic E-state index is 6.29. The molecule has 0 spiro atoms. The van der Waals surface area contributed by atoms with E-state index in [2.05, 4.69) is 25.8 Å². The molecule has 2 saturated heterocycles. The van der Waals surface area contributed by atoms with Crippen molar-refractivity contribution in [3.63, 3.8) is 0 Å². The van der Waals surface area contributed by atoms with Crippen LogP contribution in [0.1, 0.15) is 40.0 Å². The molecule has 0 amide bonds. The molecule has 0 aromatic carbocycles. The lowest BCUT2D eigenvalue weighted by Crippen LogP contribution is -2.59. The summed E-state index contributed by atoms with van der Waals surface area (Å²) in [6.07, 6.45) is 5.14. The van der Waals surface area contributed by atoms with E-state index in [1.165, 1.54) is 6.42 Å². The Labute approximate surface area is 108 Å². The Morgan fingerprint density at radius 1 is 1.33 bits per heavy atom. The molecule has 3 nitrogen and oxygen atoms in total. The van der Waals surface area contributed by atoms with E-state index in [1.54, 1.807) is 6.20 Å². The van der Waals surface area contributed by atoms with E-state index < -0.39 is 0 Å². The van der Waals surface area contributed by atoms with Crippen LogP contribution in [0, 0.1) is 5.92 Å². The van der Waals surface area contributed by atoms with Gasteiger partial charge in [-0.15, -0.1) is 0 Å². The average Bonchev–Trinajstić information content (AvgIpc) is 2.31. The molecular weight excluding hydrogens is 224 g/mol. The van der Waals surface area contributed by atoms with Crippen molar-refractivity contribution < 1.29 is 4.74 Å². The number of pyridine rings is 1. The zero-order valence-corrected chi connectivity index (χ0v) is 11.3. The highest BCUT2D eigenvalue weighted by atomic mass is 16.5. The van der Waals surface area contributed by atoms with Crippen molar-refractivity contribution in [3.05, 3.63) is 24.4 Å². The maximum atomic E-state index is 6.29. The predicted octanol–water partition coefficient (Wildman–Crippen LogP) is 3.52. The van der Waals surface area contributed by atoms with Crippen molar-refractivity contribution in [1.29, 1.82) is 0 Å². The standard InChI is InChI=1S/C15H20N2O/c1-14(2)11-7-8-15(3,18-14)12(10-11)17-13-6-4-5-9-16-13/h4-6,9,11H,7-8,10H2,1-3H3/b17-12+. The van der Waals surface area contributed by atoms with Crippen LogP contribution in [0.3, 0.4) is 0 Å². The normalized spacial score (nSPS) is 35.9. The first-order chi connectivity index (χ1) is 8.50. The number of fused-ring (bicyclic) bond motifs is 3. The predicted molar refractivity (Wildman–Crippen MR) is 72.2 cm³/mol. The maximum Gasteiger partial charge on any atom is 0.151 e. The number of aromatic nitrogens is 1. The number of rotatable bonds is 1. The molecule has 0 N–H and O–H groups in total. The summed E-state index contributed by atoms with van der Waals surface area (Å²) >= 11 is 0. The molecule has 3 heterocycles.